The monoisotopic (exact) mass is 257 g/mol. The van der Waals surface area contributed by atoms with Crippen molar-refractivity contribution in [1.29, 1.82) is 0 Å². The number of carbonyl (C=O) groups excluding carboxylic acids is 1. The molecule has 1 amide bonds. The third kappa shape index (κ3) is 3.22. The second-order valence-corrected chi connectivity index (χ2v) is 4.90. The first-order chi connectivity index (χ1) is 8.54. The Morgan fingerprint density at radius 2 is 1.89 bits per heavy atom. The predicted molar refractivity (Wildman–Crippen MR) is 67.3 cm³/mol. The van der Waals surface area contributed by atoms with Crippen LogP contribution >= 0.6 is 0 Å². The third-order valence-electron chi connectivity index (χ3n) is 3.67. The zero-order valence-corrected chi connectivity index (χ0v) is 11.3. The first kappa shape index (κ1) is 15.0. The zero-order valence-electron chi connectivity index (χ0n) is 11.3. The number of carboxylic acids is 1. The second kappa shape index (κ2) is 6.73. The molecule has 0 heterocycles. The highest BCUT2D eigenvalue weighted by molar-refractivity contribution is 5.87. The van der Waals surface area contributed by atoms with Crippen LogP contribution in [0.3, 0.4) is 0 Å². The molecule has 0 aromatic rings. The van der Waals surface area contributed by atoms with Gasteiger partial charge in [-0.2, -0.15) is 0 Å². The number of rotatable bonds is 6. The van der Waals surface area contributed by atoms with Gasteiger partial charge in [0.2, 0.25) is 5.91 Å². The lowest BCUT2D eigenvalue weighted by molar-refractivity contribution is -0.162. The summed E-state index contributed by atoms with van der Waals surface area (Å²) in [6.07, 6.45) is 4.70. The molecule has 1 saturated carbocycles. The summed E-state index contributed by atoms with van der Waals surface area (Å²) in [5.41, 5.74) is -1.02. The van der Waals surface area contributed by atoms with E-state index in [4.69, 9.17) is 4.74 Å². The predicted octanol–water partition coefficient (Wildman–Crippen LogP) is 1.66. The zero-order chi connectivity index (χ0) is 13.6. The maximum absolute atomic E-state index is 12.0. The molecule has 0 aromatic carbocycles. The van der Waals surface area contributed by atoms with E-state index < -0.39 is 11.5 Å². The highest BCUT2D eigenvalue weighted by Crippen LogP contribution is 2.33. The molecule has 104 valence electrons. The van der Waals surface area contributed by atoms with Crippen molar-refractivity contribution >= 4 is 11.9 Å². The molecule has 1 N–H and O–H groups in total. The van der Waals surface area contributed by atoms with Gasteiger partial charge in [0.25, 0.3) is 0 Å². The molecule has 1 aliphatic rings. The van der Waals surface area contributed by atoms with Crippen molar-refractivity contribution in [2.45, 2.75) is 51.0 Å². The molecule has 0 saturated heterocycles. The maximum atomic E-state index is 12.0. The highest BCUT2D eigenvalue weighted by Gasteiger charge is 2.45. The Hall–Kier alpha value is -1.10. The van der Waals surface area contributed by atoms with Crippen molar-refractivity contribution in [3.8, 4) is 0 Å². The van der Waals surface area contributed by atoms with Crippen LogP contribution in [-0.4, -0.2) is 47.7 Å². The van der Waals surface area contributed by atoms with Crippen molar-refractivity contribution in [3.05, 3.63) is 0 Å². The fraction of sp³-hybridized carbons (Fsp3) is 0.846. The van der Waals surface area contributed by atoms with E-state index in [2.05, 4.69) is 0 Å². The number of aliphatic carboxylic acids is 1. The Labute approximate surface area is 108 Å². The van der Waals surface area contributed by atoms with Crippen LogP contribution in [0.15, 0.2) is 0 Å². The average Bonchev–Trinajstić information content (AvgIpc) is 2.38. The van der Waals surface area contributed by atoms with E-state index in [9.17, 15) is 14.7 Å². The third-order valence-corrected chi connectivity index (χ3v) is 3.67. The van der Waals surface area contributed by atoms with Gasteiger partial charge in [0.15, 0.2) is 0 Å². The molecule has 1 rings (SSSR count). The van der Waals surface area contributed by atoms with Gasteiger partial charge in [-0.15, -0.1) is 0 Å². The van der Waals surface area contributed by atoms with E-state index in [-0.39, 0.29) is 12.5 Å². The van der Waals surface area contributed by atoms with Gasteiger partial charge in [-0.25, -0.2) is 4.79 Å². The molecule has 18 heavy (non-hydrogen) atoms. The number of amides is 1. The summed E-state index contributed by atoms with van der Waals surface area (Å²) in [7, 11) is 1.58. The summed E-state index contributed by atoms with van der Waals surface area (Å²) in [6.45, 7) is 2.47. The molecule has 5 nitrogen and oxygen atoms in total. The number of nitrogens with zero attached hydrogens (tertiary/aromatic N) is 1. The van der Waals surface area contributed by atoms with Crippen LogP contribution in [0.4, 0.5) is 0 Å². The Bertz CT molecular complexity index is 297. The summed E-state index contributed by atoms with van der Waals surface area (Å²) in [5.74, 6) is -1.14. The molecular weight excluding hydrogens is 234 g/mol. The summed E-state index contributed by atoms with van der Waals surface area (Å²) in [5, 5.41) is 9.44. The molecule has 0 atom stereocenters. The SMILES string of the molecule is CCCOCC(=O)N(C)C1(C(=O)O)CCCCC1. The van der Waals surface area contributed by atoms with Crippen molar-refractivity contribution in [1.82, 2.24) is 4.90 Å². The van der Waals surface area contributed by atoms with E-state index >= 15 is 0 Å². The number of hydrogen-bond donors (Lipinski definition) is 1. The number of hydrogen-bond acceptors (Lipinski definition) is 3. The Morgan fingerprint density at radius 1 is 1.28 bits per heavy atom. The van der Waals surface area contributed by atoms with Gasteiger partial charge in [0.05, 0.1) is 0 Å². The van der Waals surface area contributed by atoms with Crippen molar-refractivity contribution in [3.63, 3.8) is 0 Å². The van der Waals surface area contributed by atoms with Gasteiger partial charge >= 0.3 is 5.97 Å². The van der Waals surface area contributed by atoms with Crippen molar-refractivity contribution in [2.75, 3.05) is 20.3 Å². The van der Waals surface area contributed by atoms with E-state index in [0.717, 1.165) is 25.7 Å². The van der Waals surface area contributed by atoms with Crippen molar-refractivity contribution < 1.29 is 19.4 Å². The molecule has 1 fully saturated rings. The molecule has 0 spiro atoms. The van der Waals surface area contributed by atoms with E-state index in [0.29, 0.717) is 19.4 Å². The second-order valence-electron chi connectivity index (χ2n) is 4.90. The maximum Gasteiger partial charge on any atom is 0.329 e. The van der Waals surface area contributed by atoms with Gasteiger partial charge in [0, 0.05) is 13.7 Å². The first-order valence-electron chi connectivity index (χ1n) is 6.62. The van der Waals surface area contributed by atoms with Crippen LogP contribution in [0, 0.1) is 0 Å². The number of ether oxygens (including phenoxy) is 1. The largest absolute Gasteiger partial charge is 0.479 e. The van der Waals surface area contributed by atoms with E-state index in [1.807, 2.05) is 6.92 Å². The first-order valence-corrected chi connectivity index (χ1v) is 6.62. The van der Waals surface area contributed by atoms with Gasteiger partial charge in [0.1, 0.15) is 12.1 Å². The van der Waals surface area contributed by atoms with Crippen LogP contribution in [0.1, 0.15) is 45.4 Å². The fourth-order valence-electron chi connectivity index (χ4n) is 2.47. The lowest BCUT2D eigenvalue weighted by Crippen LogP contribution is -2.57. The quantitative estimate of drug-likeness (QED) is 0.735. The van der Waals surface area contributed by atoms with Crippen molar-refractivity contribution in [2.24, 2.45) is 0 Å². The number of likely N-dealkylation sites (N-methyl/N-ethyl adjacent to an activating group) is 1. The lowest BCUT2D eigenvalue weighted by Gasteiger charge is -2.40. The molecule has 1 aliphatic carbocycles. The minimum absolute atomic E-state index is 0.0284. The lowest BCUT2D eigenvalue weighted by atomic mass is 9.80. The number of carbonyl (C=O) groups is 2. The fourth-order valence-corrected chi connectivity index (χ4v) is 2.47. The van der Waals surface area contributed by atoms with Crippen LogP contribution in [-0.2, 0) is 14.3 Å². The average molecular weight is 257 g/mol. The molecule has 0 bridgehead atoms. The highest BCUT2D eigenvalue weighted by atomic mass is 16.5. The summed E-state index contributed by atoms with van der Waals surface area (Å²) in [6, 6.07) is 0. The molecule has 0 aliphatic heterocycles. The van der Waals surface area contributed by atoms with Gasteiger partial charge < -0.3 is 14.7 Å². The topological polar surface area (TPSA) is 66.8 Å². The van der Waals surface area contributed by atoms with Gasteiger partial charge in [-0.05, 0) is 19.3 Å². The Balaban J connectivity index is 2.67. The van der Waals surface area contributed by atoms with Crippen LogP contribution in [0.2, 0.25) is 0 Å². The number of carboxylic acid groups (broad SMARTS) is 1. The summed E-state index contributed by atoms with van der Waals surface area (Å²) >= 11 is 0. The summed E-state index contributed by atoms with van der Waals surface area (Å²) in [4.78, 5) is 24.9. The molecular formula is C13H23NO4. The molecule has 0 radical (unpaired) electrons. The molecule has 5 heteroatoms. The molecule has 0 aromatic heterocycles. The Kier molecular flexibility index (Phi) is 5.59. The van der Waals surface area contributed by atoms with Crippen LogP contribution in [0.25, 0.3) is 0 Å². The standard InChI is InChI=1S/C13H23NO4/c1-3-9-18-10-11(15)14(2)13(12(16)17)7-5-4-6-8-13/h3-10H2,1-2H3,(H,16,17). The Morgan fingerprint density at radius 3 is 2.39 bits per heavy atom. The van der Waals surface area contributed by atoms with Crippen LogP contribution in [0.5, 0.6) is 0 Å². The van der Waals surface area contributed by atoms with Gasteiger partial charge in [-0.3, -0.25) is 4.79 Å². The van der Waals surface area contributed by atoms with Gasteiger partial charge in [-0.1, -0.05) is 26.2 Å². The molecule has 0 unspecified atom stereocenters. The van der Waals surface area contributed by atoms with E-state index in [1.54, 1.807) is 7.05 Å². The van der Waals surface area contributed by atoms with Crippen LogP contribution < -0.4 is 0 Å². The summed E-state index contributed by atoms with van der Waals surface area (Å²) < 4.78 is 5.20. The smallest absolute Gasteiger partial charge is 0.329 e. The van der Waals surface area contributed by atoms with E-state index in [1.165, 1.54) is 4.90 Å². The minimum Gasteiger partial charge on any atom is -0.479 e. The minimum atomic E-state index is -1.02. The normalized spacial score (nSPS) is 18.3.